The molecule has 1 aromatic rings. The van der Waals surface area contributed by atoms with E-state index in [0.29, 0.717) is 11.1 Å². The maximum Gasteiger partial charge on any atom is 0.314 e. The van der Waals surface area contributed by atoms with Gasteiger partial charge in [0.15, 0.2) is 5.16 Å². The summed E-state index contributed by atoms with van der Waals surface area (Å²) in [6, 6.07) is 0. The van der Waals surface area contributed by atoms with Crippen molar-refractivity contribution in [1.29, 1.82) is 0 Å². The first-order chi connectivity index (χ1) is 10.8. The van der Waals surface area contributed by atoms with Crippen LogP contribution in [0, 0.1) is 11.8 Å². The smallest absolute Gasteiger partial charge is 0.314 e. The van der Waals surface area contributed by atoms with Crippen LogP contribution in [0.2, 0.25) is 0 Å². The summed E-state index contributed by atoms with van der Waals surface area (Å²) < 4.78 is 54.0. The van der Waals surface area contributed by atoms with Crippen LogP contribution in [0.3, 0.4) is 0 Å². The minimum absolute atomic E-state index is 0.0675. The molecule has 2 fully saturated rings. The van der Waals surface area contributed by atoms with E-state index < -0.39 is 24.2 Å². The average Bonchev–Trinajstić information content (AvgIpc) is 2.85. The van der Waals surface area contributed by atoms with Gasteiger partial charge in [0.25, 0.3) is 0 Å². The molecule has 2 heterocycles. The Morgan fingerprint density at radius 2 is 1.91 bits per heavy atom. The Labute approximate surface area is 136 Å². The van der Waals surface area contributed by atoms with Crippen LogP contribution in [-0.2, 0) is 13.5 Å². The zero-order valence-corrected chi connectivity index (χ0v) is 13.7. The highest BCUT2D eigenvalue weighted by molar-refractivity contribution is 7.99. The van der Waals surface area contributed by atoms with E-state index in [2.05, 4.69) is 15.5 Å². The number of nitrogens with one attached hydrogen (secondary N) is 1. The predicted molar refractivity (Wildman–Crippen MR) is 79.0 cm³/mol. The maximum atomic E-state index is 13.3. The van der Waals surface area contributed by atoms with E-state index in [0.717, 1.165) is 49.9 Å². The number of hydrogen-bond acceptors (Lipinski definition) is 4. The van der Waals surface area contributed by atoms with Gasteiger partial charge in [0.05, 0.1) is 0 Å². The molecule has 3 rings (SSSR count). The van der Waals surface area contributed by atoms with Crippen molar-refractivity contribution in [3.8, 4) is 0 Å². The third kappa shape index (κ3) is 3.22. The normalized spacial score (nSPS) is 26.9. The SMILES string of the molecule is Cn1c(CC2CCNCC2)nnc1SC[C@H]1CC(F)(F)C1(F)F. The first kappa shape index (κ1) is 17.0. The third-order valence-electron chi connectivity index (χ3n) is 4.77. The van der Waals surface area contributed by atoms with E-state index in [4.69, 9.17) is 0 Å². The van der Waals surface area contributed by atoms with Gasteiger partial charge in [0.1, 0.15) is 5.82 Å². The topological polar surface area (TPSA) is 42.7 Å². The maximum absolute atomic E-state index is 13.3. The molecule has 23 heavy (non-hydrogen) atoms. The summed E-state index contributed by atoms with van der Waals surface area (Å²) in [5.41, 5.74) is 0. The zero-order valence-electron chi connectivity index (χ0n) is 12.9. The lowest BCUT2D eigenvalue weighted by Crippen LogP contribution is -2.59. The Hall–Kier alpha value is -0.830. The van der Waals surface area contributed by atoms with Gasteiger partial charge in [-0.25, -0.2) is 0 Å². The lowest BCUT2D eigenvalue weighted by Gasteiger charge is -2.43. The number of aromatic nitrogens is 3. The molecular formula is C14H20F4N4S. The first-order valence-electron chi connectivity index (χ1n) is 7.78. The molecule has 130 valence electrons. The second-order valence-electron chi connectivity index (χ2n) is 6.39. The standard InChI is InChI=1S/C14H20F4N4S/c1-22-11(6-9-2-4-19-5-3-9)20-21-12(22)23-8-10-7-13(15,16)14(10,17)18/h9-10,19H,2-8H2,1H3/t10-/m1/s1. The summed E-state index contributed by atoms with van der Waals surface area (Å²) >= 11 is 1.08. The largest absolute Gasteiger partial charge is 0.317 e. The van der Waals surface area contributed by atoms with Crippen LogP contribution in [0.5, 0.6) is 0 Å². The molecule has 0 spiro atoms. The molecule has 9 heteroatoms. The molecule has 1 saturated heterocycles. The van der Waals surface area contributed by atoms with Crippen LogP contribution in [0.4, 0.5) is 17.6 Å². The molecule has 0 aromatic carbocycles. The fraction of sp³-hybridized carbons (Fsp3) is 0.857. The quantitative estimate of drug-likeness (QED) is 0.654. The number of thioether (sulfide) groups is 1. The summed E-state index contributed by atoms with van der Waals surface area (Å²) in [5, 5.41) is 12.0. The highest BCUT2D eigenvalue weighted by atomic mass is 32.2. The Balaban J connectivity index is 1.55. The molecule has 4 nitrogen and oxygen atoms in total. The monoisotopic (exact) mass is 352 g/mol. The van der Waals surface area contributed by atoms with Crippen LogP contribution in [0.25, 0.3) is 0 Å². The van der Waals surface area contributed by atoms with Crippen molar-refractivity contribution in [3.63, 3.8) is 0 Å². The number of rotatable bonds is 5. The number of nitrogens with zero attached hydrogens (tertiary/aromatic N) is 3. The molecule has 1 aliphatic carbocycles. The van der Waals surface area contributed by atoms with E-state index in [-0.39, 0.29) is 5.75 Å². The van der Waals surface area contributed by atoms with Crippen molar-refractivity contribution in [1.82, 2.24) is 20.1 Å². The van der Waals surface area contributed by atoms with Gasteiger partial charge in [0, 0.05) is 31.6 Å². The number of hydrogen-bond donors (Lipinski definition) is 1. The van der Waals surface area contributed by atoms with Crippen LogP contribution < -0.4 is 5.32 Å². The van der Waals surface area contributed by atoms with Crippen LogP contribution in [0.1, 0.15) is 25.1 Å². The molecule has 1 aromatic heterocycles. The van der Waals surface area contributed by atoms with E-state index in [9.17, 15) is 17.6 Å². The second kappa shape index (κ2) is 6.23. The van der Waals surface area contributed by atoms with Gasteiger partial charge in [-0.3, -0.25) is 0 Å². The second-order valence-corrected chi connectivity index (χ2v) is 7.38. The molecule has 0 amide bonds. The van der Waals surface area contributed by atoms with Crippen LogP contribution in [0.15, 0.2) is 5.16 Å². The van der Waals surface area contributed by atoms with Crippen molar-refractivity contribution in [2.45, 2.75) is 42.7 Å². The molecule has 0 bridgehead atoms. The predicted octanol–water partition coefficient (Wildman–Crippen LogP) is 2.74. The first-order valence-corrected chi connectivity index (χ1v) is 8.77. The lowest BCUT2D eigenvalue weighted by atomic mass is 9.78. The molecular weight excluding hydrogens is 332 g/mol. The summed E-state index contributed by atoms with van der Waals surface area (Å²) in [6.07, 6.45) is 2.22. The highest BCUT2D eigenvalue weighted by Crippen LogP contribution is 2.56. The molecule has 1 N–H and O–H groups in total. The Kier molecular flexibility index (Phi) is 4.61. The van der Waals surface area contributed by atoms with Crippen molar-refractivity contribution in [2.24, 2.45) is 18.9 Å². The van der Waals surface area contributed by atoms with Gasteiger partial charge >= 0.3 is 11.8 Å². The lowest BCUT2D eigenvalue weighted by molar-refractivity contribution is -0.307. The van der Waals surface area contributed by atoms with Crippen molar-refractivity contribution in [3.05, 3.63) is 5.82 Å². The molecule has 1 atom stereocenters. The van der Waals surface area contributed by atoms with E-state index in [1.807, 2.05) is 0 Å². The van der Waals surface area contributed by atoms with E-state index in [1.165, 1.54) is 0 Å². The van der Waals surface area contributed by atoms with Crippen molar-refractivity contribution in [2.75, 3.05) is 18.8 Å². The summed E-state index contributed by atoms with van der Waals surface area (Å²) in [7, 11) is 1.80. The van der Waals surface area contributed by atoms with Crippen molar-refractivity contribution >= 4 is 11.8 Å². The summed E-state index contributed by atoms with van der Waals surface area (Å²) in [5.74, 6) is -7.76. The Morgan fingerprint density at radius 3 is 2.52 bits per heavy atom. The fourth-order valence-corrected chi connectivity index (χ4v) is 4.15. The third-order valence-corrected chi connectivity index (χ3v) is 5.95. The minimum atomic E-state index is -3.91. The molecule has 2 aliphatic rings. The van der Waals surface area contributed by atoms with E-state index >= 15 is 0 Å². The number of halogens is 4. The van der Waals surface area contributed by atoms with E-state index in [1.54, 1.807) is 11.6 Å². The average molecular weight is 352 g/mol. The Bertz CT molecular complexity index is 557. The summed E-state index contributed by atoms with van der Waals surface area (Å²) in [4.78, 5) is 0. The number of alkyl halides is 4. The minimum Gasteiger partial charge on any atom is -0.317 e. The number of piperidine rings is 1. The zero-order chi connectivity index (χ0) is 16.7. The van der Waals surface area contributed by atoms with Gasteiger partial charge in [-0.2, -0.15) is 17.6 Å². The van der Waals surface area contributed by atoms with Gasteiger partial charge in [-0.1, -0.05) is 11.8 Å². The van der Waals surface area contributed by atoms with Gasteiger partial charge in [-0.15, -0.1) is 10.2 Å². The summed E-state index contributed by atoms with van der Waals surface area (Å²) in [6.45, 7) is 1.99. The highest BCUT2D eigenvalue weighted by Gasteiger charge is 2.71. The van der Waals surface area contributed by atoms with Gasteiger partial charge in [-0.05, 0) is 31.8 Å². The van der Waals surface area contributed by atoms with Crippen LogP contribution in [-0.4, -0.2) is 45.5 Å². The molecule has 0 unspecified atom stereocenters. The van der Waals surface area contributed by atoms with Gasteiger partial charge < -0.3 is 9.88 Å². The fourth-order valence-electron chi connectivity index (χ4n) is 3.07. The molecule has 1 aliphatic heterocycles. The molecule has 1 saturated carbocycles. The molecule has 0 radical (unpaired) electrons. The van der Waals surface area contributed by atoms with Crippen molar-refractivity contribution < 1.29 is 17.6 Å². The van der Waals surface area contributed by atoms with Crippen LogP contribution >= 0.6 is 11.8 Å². The van der Waals surface area contributed by atoms with Gasteiger partial charge in [0.2, 0.25) is 0 Å². The Morgan fingerprint density at radius 1 is 1.22 bits per heavy atom.